The normalized spacial score (nSPS) is 11.1. The van der Waals surface area contributed by atoms with E-state index in [9.17, 15) is 4.39 Å². The molecule has 0 saturated carbocycles. The van der Waals surface area contributed by atoms with Gasteiger partial charge in [0.15, 0.2) is 5.58 Å². The summed E-state index contributed by atoms with van der Waals surface area (Å²) in [6.07, 6.45) is 1.61. The Labute approximate surface area is 146 Å². The van der Waals surface area contributed by atoms with Gasteiger partial charge >= 0.3 is 0 Å². The third kappa shape index (κ3) is 3.36. The van der Waals surface area contributed by atoms with E-state index in [4.69, 9.17) is 13.6 Å². The van der Waals surface area contributed by atoms with Crippen LogP contribution in [0.25, 0.3) is 22.6 Å². The van der Waals surface area contributed by atoms with Crippen LogP contribution in [0, 0.1) is 5.82 Å². The maximum absolute atomic E-state index is 13.2. The molecule has 0 unspecified atom stereocenters. The fourth-order valence-electron chi connectivity index (χ4n) is 2.31. The molecule has 4 aromatic rings. The quantitative estimate of drug-likeness (QED) is 0.473. The number of fused-ring (bicyclic) bond motifs is 1. The van der Waals surface area contributed by atoms with Crippen molar-refractivity contribution in [2.75, 3.05) is 7.11 Å². The largest absolute Gasteiger partial charge is 0.497 e. The Bertz CT molecular complexity index is 1010. The summed E-state index contributed by atoms with van der Waals surface area (Å²) in [7, 11) is 1.62. The molecule has 0 aliphatic heterocycles. The molecule has 0 atom stereocenters. The standard InChI is InChI=1S/C18H13FN2O3S/c1-22-14-5-2-11(3-6-14)17-20-13(9-23-17)10-25-18-21-15-7-4-12(19)8-16(15)24-18/h2-9H,10H2,1H3. The van der Waals surface area contributed by atoms with Crippen LogP contribution in [0.3, 0.4) is 0 Å². The zero-order chi connectivity index (χ0) is 17.2. The van der Waals surface area contributed by atoms with Crippen LogP contribution in [-0.2, 0) is 5.75 Å². The number of halogens is 1. The van der Waals surface area contributed by atoms with E-state index in [1.165, 1.54) is 23.9 Å². The van der Waals surface area contributed by atoms with Gasteiger partial charge in [-0.3, -0.25) is 0 Å². The molecule has 126 valence electrons. The maximum atomic E-state index is 13.2. The zero-order valence-corrected chi connectivity index (χ0v) is 14.0. The number of nitrogens with zero attached hydrogens (tertiary/aromatic N) is 2. The zero-order valence-electron chi connectivity index (χ0n) is 13.2. The van der Waals surface area contributed by atoms with Crippen LogP contribution < -0.4 is 4.74 Å². The van der Waals surface area contributed by atoms with Crippen LogP contribution in [0.1, 0.15) is 5.69 Å². The highest BCUT2D eigenvalue weighted by Crippen LogP contribution is 2.28. The van der Waals surface area contributed by atoms with E-state index >= 15 is 0 Å². The van der Waals surface area contributed by atoms with E-state index in [0.717, 1.165) is 17.0 Å². The Kier molecular flexibility index (Phi) is 4.15. The molecule has 2 aromatic carbocycles. The SMILES string of the molecule is COc1ccc(-c2nc(CSc3nc4ccc(F)cc4o3)co2)cc1. The van der Waals surface area contributed by atoms with Gasteiger partial charge in [0.2, 0.25) is 5.89 Å². The predicted molar refractivity (Wildman–Crippen MR) is 92.0 cm³/mol. The molecule has 0 N–H and O–H groups in total. The summed E-state index contributed by atoms with van der Waals surface area (Å²) in [6, 6.07) is 11.8. The van der Waals surface area contributed by atoms with Gasteiger partial charge in [-0.05, 0) is 36.4 Å². The average molecular weight is 356 g/mol. The molecule has 2 aromatic heterocycles. The predicted octanol–water partition coefficient (Wildman–Crippen LogP) is 4.92. The van der Waals surface area contributed by atoms with Crippen molar-refractivity contribution >= 4 is 22.9 Å². The van der Waals surface area contributed by atoms with E-state index in [2.05, 4.69) is 9.97 Å². The average Bonchev–Trinajstić information content (AvgIpc) is 3.26. The Morgan fingerprint density at radius 3 is 2.76 bits per heavy atom. The van der Waals surface area contributed by atoms with E-state index in [0.29, 0.717) is 28.0 Å². The van der Waals surface area contributed by atoms with E-state index in [1.54, 1.807) is 19.4 Å². The van der Waals surface area contributed by atoms with Gasteiger partial charge in [-0.1, -0.05) is 11.8 Å². The van der Waals surface area contributed by atoms with Gasteiger partial charge in [-0.25, -0.2) is 14.4 Å². The minimum absolute atomic E-state index is 0.346. The first kappa shape index (κ1) is 15.7. The molecular weight excluding hydrogens is 343 g/mol. The molecule has 0 bridgehead atoms. The summed E-state index contributed by atoms with van der Waals surface area (Å²) in [5.74, 6) is 1.51. The topological polar surface area (TPSA) is 61.3 Å². The van der Waals surface area contributed by atoms with Crippen molar-refractivity contribution in [3.05, 3.63) is 60.2 Å². The van der Waals surface area contributed by atoms with Crippen molar-refractivity contribution in [1.29, 1.82) is 0 Å². The first-order valence-electron chi connectivity index (χ1n) is 7.49. The molecule has 0 saturated heterocycles. The number of rotatable bonds is 5. The third-order valence-electron chi connectivity index (χ3n) is 3.56. The first-order chi connectivity index (χ1) is 12.2. The lowest BCUT2D eigenvalue weighted by Gasteiger charge is -1.99. The molecule has 0 aliphatic carbocycles. The number of thioether (sulfide) groups is 1. The van der Waals surface area contributed by atoms with Crippen molar-refractivity contribution < 1.29 is 18.0 Å². The second-order valence-electron chi connectivity index (χ2n) is 5.25. The minimum atomic E-state index is -0.346. The van der Waals surface area contributed by atoms with Crippen LogP contribution in [0.15, 0.2) is 62.8 Å². The molecular formula is C18H13FN2O3S. The summed E-state index contributed by atoms with van der Waals surface area (Å²) in [4.78, 5) is 8.77. The Balaban J connectivity index is 1.46. The highest BCUT2D eigenvalue weighted by Gasteiger charge is 2.11. The minimum Gasteiger partial charge on any atom is -0.497 e. The van der Waals surface area contributed by atoms with Crippen LogP contribution in [0.5, 0.6) is 5.75 Å². The van der Waals surface area contributed by atoms with E-state index in [1.807, 2.05) is 24.3 Å². The summed E-state index contributed by atoms with van der Waals surface area (Å²) in [6.45, 7) is 0. The summed E-state index contributed by atoms with van der Waals surface area (Å²) < 4.78 is 29.4. The number of hydrogen-bond donors (Lipinski definition) is 0. The van der Waals surface area contributed by atoms with Crippen LogP contribution >= 0.6 is 11.8 Å². The highest BCUT2D eigenvalue weighted by atomic mass is 32.2. The number of methoxy groups -OCH3 is 1. The van der Waals surface area contributed by atoms with Crippen molar-refractivity contribution in [1.82, 2.24) is 9.97 Å². The van der Waals surface area contributed by atoms with Crippen molar-refractivity contribution in [2.24, 2.45) is 0 Å². The summed E-state index contributed by atoms with van der Waals surface area (Å²) in [5.41, 5.74) is 2.70. The lowest BCUT2D eigenvalue weighted by Crippen LogP contribution is -1.84. The summed E-state index contributed by atoms with van der Waals surface area (Å²) in [5, 5.41) is 0.467. The third-order valence-corrected chi connectivity index (χ3v) is 4.42. The van der Waals surface area contributed by atoms with Gasteiger partial charge < -0.3 is 13.6 Å². The Morgan fingerprint density at radius 2 is 1.96 bits per heavy atom. The molecule has 0 radical (unpaired) electrons. The van der Waals surface area contributed by atoms with Gasteiger partial charge in [0, 0.05) is 17.4 Å². The van der Waals surface area contributed by atoms with Crippen LogP contribution in [0.2, 0.25) is 0 Å². The second-order valence-corrected chi connectivity index (χ2v) is 6.18. The van der Waals surface area contributed by atoms with Gasteiger partial charge in [0.25, 0.3) is 5.22 Å². The Morgan fingerprint density at radius 1 is 1.12 bits per heavy atom. The van der Waals surface area contributed by atoms with Gasteiger partial charge in [0.05, 0.1) is 12.8 Å². The fraction of sp³-hybridized carbons (Fsp3) is 0.111. The number of oxazole rings is 2. The van der Waals surface area contributed by atoms with E-state index in [-0.39, 0.29) is 5.82 Å². The van der Waals surface area contributed by atoms with Crippen molar-refractivity contribution in [3.8, 4) is 17.2 Å². The number of aromatic nitrogens is 2. The summed E-state index contributed by atoms with van der Waals surface area (Å²) >= 11 is 1.38. The fourth-order valence-corrected chi connectivity index (χ4v) is 3.03. The van der Waals surface area contributed by atoms with Gasteiger partial charge in [-0.2, -0.15) is 0 Å². The maximum Gasteiger partial charge on any atom is 0.257 e. The van der Waals surface area contributed by atoms with Gasteiger partial charge in [-0.15, -0.1) is 0 Å². The molecule has 0 amide bonds. The molecule has 7 heteroatoms. The lowest BCUT2D eigenvalue weighted by atomic mass is 10.2. The van der Waals surface area contributed by atoms with Crippen molar-refractivity contribution in [2.45, 2.75) is 11.0 Å². The first-order valence-corrected chi connectivity index (χ1v) is 8.47. The smallest absolute Gasteiger partial charge is 0.257 e. The second kappa shape index (κ2) is 6.60. The molecule has 4 rings (SSSR count). The number of hydrogen-bond acceptors (Lipinski definition) is 6. The monoisotopic (exact) mass is 356 g/mol. The number of benzene rings is 2. The molecule has 0 aliphatic rings. The number of ether oxygens (including phenoxy) is 1. The molecule has 0 spiro atoms. The lowest BCUT2D eigenvalue weighted by molar-refractivity contribution is 0.415. The molecule has 25 heavy (non-hydrogen) atoms. The highest BCUT2D eigenvalue weighted by molar-refractivity contribution is 7.98. The molecule has 2 heterocycles. The van der Waals surface area contributed by atoms with Crippen LogP contribution in [-0.4, -0.2) is 17.1 Å². The Hall–Kier alpha value is -2.80. The van der Waals surface area contributed by atoms with Crippen molar-refractivity contribution in [3.63, 3.8) is 0 Å². The molecule has 0 fully saturated rings. The van der Waals surface area contributed by atoms with Gasteiger partial charge in [0.1, 0.15) is 23.3 Å². The van der Waals surface area contributed by atoms with E-state index < -0.39 is 0 Å². The molecule has 5 nitrogen and oxygen atoms in total. The van der Waals surface area contributed by atoms with Crippen LogP contribution in [0.4, 0.5) is 4.39 Å².